The van der Waals surface area contributed by atoms with E-state index in [9.17, 15) is 8.42 Å². The average Bonchev–Trinajstić information content (AvgIpc) is 2.48. The predicted octanol–water partition coefficient (Wildman–Crippen LogP) is 2.51. The van der Waals surface area contributed by atoms with Crippen molar-refractivity contribution in [3.63, 3.8) is 0 Å². The van der Waals surface area contributed by atoms with E-state index in [0.717, 1.165) is 5.39 Å². The number of hydrogen-bond acceptors (Lipinski definition) is 3. The Bertz CT molecular complexity index is 744. The molecule has 1 aliphatic heterocycles. The molecule has 0 aliphatic carbocycles. The third-order valence-electron chi connectivity index (χ3n) is 3.52. The topological polar surface area (TPSA) is 49.4 Å². The van der Waals surface area contributed by atoms with Gasteiger partial charge in [-0.2, -0.15) is 4.31 Å². The van der Waals surface area contributed by atoms with Crippen molar-refractivity contribution < 1.29 is 8.42 Å². The van der Waals surface area contributed by atoms with Gasteiger partial charge in [0, 0.05) is 42.0 Å². The SMILES string of the molecule is Cl.O=S(=O)(c1ccc(Cl)c2ccccc12)N1CCNCC1. The first-order valence-electron chi connectivity index (χ1n) is 6.49. The molecule has 1 N–H and O–H groups in total. The minimum atomic E-state index is -3.47. The van der Waals surface area contributed by atoms with Crippen molar-refractivity contribution in [2.45, 2.75) is 4.90 Å². The number of piperazine rings is 1. The number of rotatable bonds is 2. The molecular formula is C14H16Cl2N2O2S. The molecule has 0 amide bonds. The molecule has 0 bridgehead atoms. The average molecular weight is 347 g/mol. The minimum absolute atomic E-state index is 0. The molecule has 0 saturated carbocycles. The normalized spacial score (nSPS) is 16.6. The van der Waals surface area contributed by atoms with E-state index < -0.39 is 10.0 Å². The number of nitrogens with one attached hydrogen (secondary N) is 1. The second kappa shape index (κ2) is 6.50. The number of benzene rings is 2. The maximum Gasteiger partial charge on any atom is 0.243 e. The predicted molar refractivity (Wildman–Crippen MR) is 87.8 cm³/mol. The molecule has 2 aromatic carbocycles. The molecule has 1 saturated heterocycles. The van der Waals surface area contributed by atoms with Gasteiger partial charge in [0.2, 0.25) is 10.0 Å². The van der Waals surface area contributed by atoms with Crippen LogP contribution in [-0.4, -0.2) is 38.9 Å². The third kappa shape index (κ3) is 3.03. The molecule has 0 unspecified atom stereocenters. The van der Waals surface area contributed by atoms with E-state index in [4.69, 9.17) is 11.6 Å². The molecule has 3 rings (SSSR count). The summed E-state index contributed by atoms with van der Waals surface area (Å²) in [4.78, 5) is 0.333. The Hall–Kier alpha value is -0.850. The fourth-order valence-corrected chi connectivity index (χ4v) is 4.35. The smallest absolute Gasteiger partial charge is 0.243 e. The Morgan fingerprint density at radius 1 is 1.00 bits per heavy atom. The van der Waals surface area contributed by atoms with Gasteiger partial charge in [-0.25, -0.2) is 8.42 Å². The fraction of sp³-hybridized carbons (Fsp3) is 0.286. The first kappa shape index (κ1) is 16.5. The Balaban J connectivity index is 0.00000161. The van der Waals surface area contributed by atoms with Crippen LogP contribution in [0.25, 0.3) is 10.8 Å². The highest BCUT2D eigenvalue weighted by molar-refractivity contribution is 7.89. The van der Waals surface area contributed by atoms with Gasteiger partial charge in [0.25, 0.3) is 0 Å². The highest BCUT2D eigenvalue weighted by atomic mass is 35.5. The molecule has 1 heterocycles. The van der Waals surface area contributed by atoms with Gasteiger partial charge in [-0.15, -0.1) is 12.4 Å². The van der Waals surface area contributed by atoms with E-state index in [0.29, 0.717) is 41.5 Å². The molecule has 1 aliphatic rings. The van der Waals surface area contributed by atoms with Gasteiger partial charge in [0.05, 0.1) is 4.90 Å². The van der Waals surface area contributed by atoms with Crippen LogP contribution in [0.1, 0.15) is 0 Å². The number of sulfonamides is 1. The van der Waals surface area contributed by atoms with Crippen LogP contribution in [0.4, 0.5) is 0 Å². The minimum Gasteiger partial charge on any atom is -0.314 e. The van der Waals surface area contributed by atoms with E-state index in [1.807, 2.05) is 18.2 Å². The largest absolute Gasteiger partial charge is 0.314 e. The number of halogens is 2. The molecule has 21 heavy (non-hydrogen) atoms. The van der Waals surface area contributed by atoms with Crippen LogP contribution in [0.2, 0.25) is 5.02 Å². The van der Waals surface area contributed by atoms with Crippen molar-refractivity contribution in [2.24, 2.45) is 0 Å². The first-order chi connectivity index (χ1) is 9.60. The van der Waals surface area contributed by atoms with Crippen molar-refractivity contribution in [3.8, 4) is 0 Å². The second-order valence-electron chi connectivity index (χ2n) is 4.75. The Labute approximate surface area is 135 Å². The number of hydrogen-bond donors (Lipinski definition) is 1. The Kier molecular flexibility index (Phi) is 5.11. The summed E-state index contributed by atoms with van der Waals surface area (Å²) in [5.41, 5.74) is 0. The lowest BCUT2D eigenvalue weighted by molar-refractivity contribution is 0.360. The highest BCUT2D eigenvalue weighted by Crippen LogP contribution is 2.30. The zero-order valence-electron chi connectivity index (χ0n) is 11.3. The van der Waals surface area contributed by atoms with E-state index in [-0.39, 0.29) is 12.4 Å². The van der Waals surface area contributed by atoms with Gasteiger partial charge in [-0.3, -0.25) is 0 Å². The molecule has 7 heteroatoms. The third-order valence-corrected chi connectivity index (χ3v) is 5.81. The van der Waals surface area contributed by atoms with Crippen LogP contribution >= 0.6 is 24.0 Å². The van der Waals surface area contributed by atoms with Crippen LogP contribution in [0.3, 0.4) is 0 Å². The standard InChI is InChI=1S/C14H15ClN2O2S.ClH/c15-13-5-6-14(12-4-2-1-3-11(12)13)20(18,19)17-9-7-16-8-10-17;/h1-6,16H,7-10H2;1H. The molecule has 0 aromatic heterocycles. The maximum atomic E-state index is 12.8. The summed E-state index contributed by atoms with van der Waals surface area (Å²) >= 11 is 6.15. The van der Waals surface area contributed by atoms with Crippen LogP contribution in [0.15, 0.2) is 41.3 Å². The Morgan fingerprint density at radius 2 is 1.62 bits per heavy atom. The summed E-state index contributed by atoms with van der Waals surface area (Å²) in [5.74, 6) is 0. The monoisotopic (exact) mass is 346 g/mol. The number of fused-ring (bicyclic) bond motifs is 1. The van der Waals surface area contributed by atoms with Crippen LogP contribution in [0, 0.1) is 0 Å². The zero-order chi connectivity index (χ0) is 14.2. The fourth-order valence-electron chi connectivity index (χ4n) is 2.48. The summed E-state index contributed by atoms with van der Waals surface area (Å²) in [5, 5.41) is 5.17. The lowest BCUT2D eigenvalue weighted by Crippen LogP contribution is -2.46. The number of nitrogens with zero attached hydrogens (tertiary/aromatic N) is 1. The van der Waals surface area contributed by atoms with Crippen molar-refractivity contribution >= 4 is 44.8 Å². The lowest BCUT2D eigenvalue weighted by Gasteiger charge is -2.27. The summed E-state index contributed by atoms with van der Waals surface area (Å²) in [6.07, 6.45) is 0. The van der Waals surface area contributed by atoms with Crippen molar-refractivity contribution in [2.75, 3.05) is 26.2 Å². The molecule has 1 fully saturated rings. The van der Waals surface area contributed by atoms with Crippen LogP contribution < -0.4 is 5.32 Å². The lowest BCUT2D eigenvalue weighted by atomic mass is 10.1. The van der Waals surface area contributed by atoms with Gasteiger partial charge in [-0.05, 0) is 12.1 Å². The molecular weight excluding hydrogens is 331 g/mol. The van der Waals surface area contributed by atoms with E-state index in [2.05, 4.69) is 5.32 Å². The van der Waals surface area contributed by atoms with Gasteiger partial charge >= 0.3 is 0 Å². The van der Waals surface area contributed by atoms with Gasteiger partial charge in [-0.1, -0.05) is 35.9 Å². The molecule has 0 spiro atoms. The van der Waals surface area contributed by atoms with Crippen LogP contribution in [0.5, 0.6) is 0 Å². The second-order valence-corrected chi connectivity index (χ2v) is 7.06. The highest BCUT2D eigenvalue weighted by Gasteiger charge is 2.27. The van der Waals surface area contributed by atoms with E-state index >= 15 is 0 Å². The van der Waals surface area contributed by atoms with Crippen LogP contribution in [-0.2, 0) is 10.0 Å². The summed E-state index contributed by atoms with van der Waals surface area (Å²) in [6, 6.07) is 10.6. The van der Waals surface area contributed by atoms with Gasteiger partial charge in [0.1, 0.15) is 0 Å². The van der Waals surface area contributed by atoms with E-state index in [1.165, 1.54) is 4.31 Å². The summed E-state index contributed by atoms with van der Waals surface area (Å²) in [7, 11) is -3.47. The molecule has 0 radical (unpaired) electrons. The van der Waals surface area contributed by atoms with Crippen molar-refractivity contribution in [3.05, 3.63) is 41.4 Å². The summed E-state index contributed by atoms with van der Waals surface area (Å²) < 4.78 is 27.1. The quantitative estimate of drug-likeness (QED) is 0.908. The molecule has 0 atom stereocenters. The Morgan fingerprint density at radius 3 is 2.29 bits per heavy atom. The molecule has 2 aromatic rings. The zero-order valence-corrected chi connectivity index (χ0v) is 13.6. The van der Waals surface area contributed by atoms with Crippen molar-refractivity contribution in [1.29, 1.82) is 0 Å². The molecule has 114 valence electrons. The van der Waals surface area contributed by atoms with Gasteiger partial charge in [0.15, 0.2) is 0 Å². The summed E-state index contributed by atoms with van der Waals surface area (Å²) in [6.45, 7) is 2.37. The maximum absolute atomic E-state index is 12.8. The van der Waals surface area contributed by atoms with E-state index in [1.54, 1.807) is 18.2 Å². The first-order valence-corrected chi connectivity index (χ1v) is 8.30. The molecule has 4 nitrogen and oxygen atoms in total. The van der Waals surface area contributed by atoms with Crippen molar-refractivity contribution in [1.82, 2.24) is 9.62 Å². The van der Waals surface area contributed by atoms with Gasteiger partial charge < -0.3 is 5.32 Å².